The predicted molar refractivity (Wildman–Crippen MR) is 72.7 cm³/mol. The highest BCUT2D eigenvalue weighted by Gasteiger charge is 2.17. The second-order valence-corrected chi connectivity index (χ2v) is 6.30. The van der Waals surface area contributed by atoms with E-state index in [1.54, 1.807) is 19.2 Å². The molecule has 0 bridgehead atoms. The maximum atomic E-state index is 12.0. The van der Waals surface area contributed by atoms with Crippen LogP contribution < -0.4 is 10.0 Å². The number of sulfonamides is 1. The molecule has 1 aromatic rings. The van der Waals surface area contributed by atoms with E-state index < -0.39 is 10.0 Å². The fourth-order valence-corrected chi connectivity index (χ4v) is 2.81. The Morgan fingerprint density at radius 1 is 1.35 bits per heavy atom. The molecule has 0 aromatic heterocycles. The molecule has 17 heavy (non-hydrogen) atoms. The maximum Gasteiger partial charge on any atom is 0.234 e. The fourth-order valence-electron chi connectivity index (χ4n) is 1.45. The van der Waals surface area contributed by atoms with Crippen LogP contribution in [0.25, 0.3) is 0 Å². The van der Waals surface area contributed by atoms with Crippen molar-refractivity contribution in [3.63, 3.8) is 0 Å². The number of nitrogens with two attached hydrogens (primary N) is 1. The standard InChI is InChI=1S/C12H20N2O2S/c1-4-5-8-17(15,16)14(3)11-7-6-10(2)12(13)9-11/h6-7,9H,4-5,8,13H2,1-3H3. The molecule has 0 atom stereocenters. The highest BCUT2D eigenvalue weighted by molar-refractivity contribution is 7.92. The van der Waals surface area contributed by atoms with E-state index in [9.17, 15) is 8.42 Å². The van der Waals surface area contributed by atoms with Gasteiger partial charge < -0.3 is 5.73 Å². The van der Waals surface area contributed by atoms with Crippen LogP contribution in [-0.2, 0) is 10.0 Å². The predicted octanol–water partition coefficient (Wildman–Crippen LogP) is 2.14. The number of benzene rings is 1. The van der Waals surface area contributed by atoms with Crippen molar-refractivity contribution in [3.05, 3.63) is 23.8 Å². The van der Waals surface area contributed by atoms with Gasteiger partial charge in [0.05, 0.1) is 11.4 Å². The molecule has 0 radical (unpaired) electrons. The van der Waals surface area contributed by atoms with Crippen molar-refractivity contribution in [2.45, 2.75) is 26.7 Å². The van der Waals surface area contributed by atoms with Crippen LogP contribution in [0.5, 0.6) is 0 Å². The summed E-state index contributed by atoms with van der Waals surface area (Å²) in [5.41, 5.74) is 7.96. The molecule has 0 saturated heterocycles. The van der Waals surface area contributed by atoms with E-state index in [1.807, 2.05) is 19.9 Å². The fraction of sp³-hybridized carbons (Fsp3) is 0.500. The molecule has 96 valence electrons. The zero-order valence-corrected chi connectivity index (χ0v) is 11.4. The van der Waals surface area contributed by atoms with Gasteiger partial charge in [-0.15, -0.1) is 0 Å². The van der Waals surface area contributed by atoms with Crippen LogP contribution in [0.3, 0.4) is 0 Å². The first-order valence-corrected chi connectivity index (χ1v) is 7.32. The molecule has 0 aliphatic carbocycles. The third-order valence-corrected chi connectivity index (χ3v) is 4.65. The Kier molecular flexibility index (Phi) is 4.40. The molecule has 0 aliphatic rings. The summed E-state index contributed by atoms with van der Waals surface area (Å²) in [5.74, 6) is 0.174. The molecule has 0 fully saturated rings. The molecule has 5 heteroatoms. The van der Waals surface area contributed by atoms with Crippen molar-refractivity contribution in [1.82, 2.24) is 0 Å². The van der Waals surface area contributed by atoms with Crippen LogP contribution in [0.2, 0.25) is 0 Å². The van der Waals surface area contributed by atoms with E-state index in [4.69, 9.17) is 5.73 Å². The second kappa shape index (κ2) is 5.40. The number of aryl methyl sites for hydroxylation is 1. The van der Waals surface area contributed by atoms with Crippen LogP contribution >= 0.6 is 0 Å². The Hall–Kier alpha value is -1.23. The average Bonchev–Trinajstić information content (AvgIpc) is 2.29. The number of rotatable bonds is 5. The lowest BCUT2D eigenvalue weighted by Gasteiger charge is -2.20. The van der Waals surface area contributed by atoms with Crippen molar-refractivity contribution in [2.75, 3.05) is 22.8 Å². The molecule has 1 aromatic carbocycles. The first kappa shape index (κ1) is 13.8. The lowest BCUT2D eigenvalue weighted by molar-refractivity contribution is 0.591. The SMILES string of the molecule is CCCCS(=O)(=O)N(C)c1ccc(C)c(N)c1. The summed E-state index contributed by atoms with van der Waals surface area (Å²) in [7, 11) is -1.66. The van der Waals surface area contributed by atoms with Gasteiger partial charge in [-0.3, -0.25) is 4.31 Å². The Balaban J connectivity index is 2.95. The molecule has 2 N–H and O–H groups in total. The van der Waals surface area contributed by atoms with E-state index in [-0.39, 0.29) is 5.75 Å². The van der Waals surface area contributed by atoms with Gasteiger partial charge >= 0.3 is 0 Å². The molecule has 0 heterocycles. The van der Waals surface area contributed by atoms with E-state index in [2.05, 4.69) is 0 Å². The van der Waals surface area contributed by atoms with Gasteiger partial charge in [-0.25, -0.2) is 8.42 Å². The lowest BCUT2D eigenvalue weighted by Crippen LogP contribution is -2.29. The number of nitrogen functional groups attached to an aromatic ring is 1. The van der Waals surface area contributed by atoms with Crippen molar-refractivity contribution in [1.29, 1.82) is 0 Å². The third-order valence-electron chi connectivity index (χ3n) is 2.80. The highest BCUT2D eigenvalue weighted by Crippen LogP contribution is 2.22. The van der Waals surface area contributed by atoms with E-state index in [1.165, 1.54) is 4.31 Å². The molecule has 0 saturated carbocycles. The Labute approximate surface area is 103 Å². The Morgan fingerprint density at radius 3 is 2.53 bits per heavy atom. The largest absolute Gasteiger partial charge is 0.398 e. The molecule has 0 amide bonds. The summed E-state index contributed by atoms with van der Waals surface area (Å²) in [6, 6.07) is 5.30. The number of unbranched alkanes of at least 4 members (excludes halogenated alkanes) is 1. The number of nitrogens with zero attached hydrogens (tertiary/aromatic N) is 1. The first-order valence-electron chi connectivity index (χ1n) is 5.71. The molecular formula is C12H20N2O2S. The number of hydrogen-bond donors (Lipinski definition) is 1. The zero-order chi connectivity index (χ0) is 13.1. The van der Waals surface area contributed by atoms with Crippen molar-refractivity contribution >= 4 is 21.4 Å². The van der Waals surface area contributed by atoms with E-state index in [0.29, 0.717) is 17.8 Å². The monoisotopic (exact) mass is 256 g/mol. The van der Waals surface area contributed by atoms with Gasteiger partial charge in [0.2, 0.25) is 10.0 Å². The van der Waals surface area contributed by atoms with Gasteiger partial charge in [0, 0.05) is 12.7 Å². The summed E-state index contributed by atoms with van der Waals surface area (Å²) in [4.78, 5) is 0. The summed E-state index contributed by atoms with van der Waals surface area (Å²) in [6.07, 6.45) is 1.54. The second-order valence-electron chi connectivity index (χ2n) is 4.18. The zero-order valence-electron chi connectivity index (χ0n) is 10.6. The minimum absolute atomic E-state index is 0.174. The third kappa shape index (κ3) is 3.36. The topological polar surface area (TPSA) is 63.4 Å². The van der Waals surface area contributed by atoms with Gasteiger partial charge in [0.1, 0.15) is 0 Å². The minimum atomic E-state index is -3.23. The number of anilines is 2. The summed E-state index contributed by atoms with van der Waals surface area (Å²) >= 11 is 0. The normalized spacial score (nSPS) is 11.5. The molecule has 0 spiro atoms. The van der Waals surface area contributed by atoms with Crippen LogP contribution in [-0.4, -0.2) is 21.2 Å². The summed E-state index contributed by atoms with van der Waals surface area (Å²) in [6.45, 7) is 3.87. The maximum absolute atomic E-state index is 12.0. The summed E-state index contributed by atoms with van der Waals surface area (Å²) in [5, 5.41) is 0. The van der Waals surface area contributed by atoms with Crippen LogP contribution in [0.4, 0.5) is 11.4 Å². The first-order chi connectivity index (χ1) is 7.88. The Morgan fingerprint density at radius 2 is 2.00 bits per heavy atom. The van der Waals surface area contributed by atoms with Gasteiger partial charge in [-0.1, -0.05) is 19.4 Å². The molecular weight excluding hydrogens is 236 g/mol. The minimum Gasteiger partial charge on any atom is -0.398 e. The van der Waals surface area contributed by atoms with Crippen LogP contribution in [0.1, 0.15) is 25.3 Å². The van der Waals surface area contributed by atoms with Gasteiger partial charge in [0.15, 0.2) is 0 Å². The van der Waals surface area contributed by atoms with E-state index in [0.717, 1.165) is 12.0 Å². The van der Waals surface area contributed by atoms with E-state index >= 15 is 0 Å². The van der Waals surface area contributed by atoms with Crippen molar-refractivity contribution in [3.8, 4) is 0 Å². The quantitative estimate of drug-likeness (QED) is 0.821. The van der Waals surface area contributed by atoms with Gasteiger partial charge in [-0.05, 0) is 31.0 Å². The van der Waals surface area contributed by atoms with Crippen LogP contribution in [0, 0.1) is 6.92 Å². The number of hydrogen-bond acceptors (Lipinski definition) is 3. The highest BCUT2D eigenvalue weighted by atomic mass is 32.2. The molecule has 0 unspecified atom stereocenters. The van der Waals surface area contributed by atoms with Gasteiger partial charge in [0.25, 0.3) is 0 Å². The van der Waals surface area contributed by atoms with Gasteiger partial charge in [-0.2, -0.15) is 0 Å². The average molecular weight is 256 g/mol. The van der Waals surface area contributed by atoms with Crippen molar-refractivity contribution in [2.24, 2.45) is 0 Å². The smallest absolute Gasteiger partial charge is 0.234 e. The Bertz CT molecular complexity index is 483. The molecule has 0 aliphatic heterocycles. The van der Waals surface area contributed by atoms with Crippen molar-refractivity contribution < 1.29 is 8.42 Å². The summed E-state index contributed by atoms with van der Waals surface area (Å²) < 4.78 is 25.2. The molecule has 4 nitrogen and oxygen atoms in total. The molecule has 1 rings (SSSR count). The van der Waals surface area contributed by atoms with Crippen LogP contribution in [0.15, 0.2) is 18.2 Å². The lowest BCUT2D eigenvalue weighted by atomic mass is 10.2.